The second-order valence-corrected chi connectivity index (χ2v) is 7.29. The van der Waals surface area contributed by atoms with Crippen LogP contribution in [0.5, 0.6) is 0 Å². The van der Waals surface area contributed by atoms with Crippen LogP contribution in [0.3, 0.4) is 0 Å². The van der Waals surface area contributed by atoms with Crippen LogP contribution >= 0.6 is 28.3 Å². The minimum atomic E-state index is -0.00603. The van der Waals surface area contributed by atoms with Gasteiger partial charge in [0.2, 0.25) is 0 Å². The maximum absolute atomic E-state index is 12.9. The van der Waals surface area contributed by atoms with E-state index in [4.69, 9.17) is 9.97 Å². The molecule has 0 amide bonds. The fraction of sp³-hybridized carbons (Fsp3) is 0.389. The molecule has 1 atom stereocenters. The highest BCUT2D eigenvalue weighted by Crippen LogP contribution is 2.33. The molecule has 1 aromatic carbocycles. The standard InChI is InChI=1S/C18H20BrN5O.ClH/c1-3-8-23-17-14(16-20-13(4-2)10-24(16)18(23)25)21-15(22-17)11-6-5-7-12(19)9-11;/h5-7,9,13,20H,3-4,8,10H2,1-2H3;1H. The minimum absolute atomic E-state index is 0. The highest BCUT2D eigenvalue weighted by molar-refractivity contribution is 9.10. The number of hydrogen-bond donors (Lipinski definition) is 1. The van der Waals surface area contributed by atoms with Gasteiger partial charge in [-0.15, -0.1) is 12.4 Å². The smallest absolute Gasteiger partial charge is 0.331 e. The molecule has 3 aliphatic rings. The number of anilines is 1. The summed E-state index contributed by atoms with van der Waals surface area (Å²) in [5, 5.41) is 3.45. The predicted octanol–water partition coefficient (Wildman–Crippen LogP) is 4.01. The molecule has 1 aromatic rings. The Kier molecular flexibility index (Phi) is 5.39. The van der Waals surface area contributed by atoms with Crippen molar-refractivity contribution in [3.63, 3.8) is 0 Å². The molecule has 1 unspecified atom stereocenters. The Morgan fingerprint density at radius 1 is 1.31 bits per heavy atom. The second kappa shape index (κ2) is 7.40. The maximum Gasteiger partial charge on any atom is 0.331 e. The molecule has 0 radical (unpaired) electrons. The van der Waals surface area contributed by atoms with Gasteiger partial charge in [0.25, 0.3) is 0 Å². The van der Waals surface area contributed by atoms with Crippen molar-refractivity contribution in [1.29, 1.82) is 0 Å². The van der Waals surface area contributed by atoms with Gasteiger partial charge in [-0.1, -0.05) is 41.9 Å². The number of nitrogens with one attached hydrogen (secondary N) is 1. The van der Waals surface area contributed by atoms with Gasteiger partial charge in [0.05, 0.1) is 0 Å². The Balaban J connectivity index is 0.00000196. The largest absolute Gasteiger partial charge is 0.365 e. The van der Waals surface area contributed by atoms with Crippen LogP contribution in [0.2, 0.25) is 0 Å². The average Bonchev–Trinajstić information content (AvgIpc) is 3.23. The van der Waals surface area contributed by atoms with Crippen LogP contribution in [0.15, 0.2) is 33.5 Å². The van der Waals surface area contributed by atoms with Crippen LogP contribution in [0, 0.1) is 0 Å². The van der Waals surface area contributed by atoms with Crippen LogP contribution in [0.1, 0.15) is 26.7 Å². The number of nitrogens with zero attached hydrogens (tertiary/aromatic N) is 4. The average molecular weight is 439 g/mol. The summed E-state index contributed by atoms with van der Waals surface area (Å²) in [6.07, 6.45) is 1.83. The van der Waals surface area contributed by atoms with E-state index in [0.29, 0.717) is 24.7 Å². The predicted molar refractivity (Wildman–Crippen MR) is 109 cm³/mol. The van der Waals surface area contributed by atoms with E-state index in [1.807, 2.05) is 28.8 Å². The molecular weight excluding hydrogens is 418 g/mol. The highest BCUT2D eigenvalue weighted by atomic mass is 79.9. The van der Waals surface area contributed by atoms with Gasteiger partial charge in [-0.2, -0.15) is 0 Å². The first-order valence-corrected chi connectivity index (χ1v) is 9.45. The summed E-state index contributed by atoms with van der Waals surface area (Å²) in [5.41, 5.74) is 1.71. The van der Waals surface area contributed by atoms with Gasteiger partial charge in [0, 0.05) is 29.2 Å². The van der Waals surface area contributed by atoms with Gasteiger partial charge in [-0.25, -0.2) is 14.8 Å². The van der Waals surface area contributed by atoms with E-state index in [2.05, 4.69) is 35.1 Å². The Labute approximate surface area is 166 Å². The summed E-state index contributed by atoms with van der Waals surface area (Å²) in [5.74, 6) is 2.11. The third kappa shape index (κ3) is 3.03. The molecule has 6 nitrogen and oxygen atoms in total. The lowest BCUT2D eigenvalue weighted by Crippen LogP contribution is -2.32. The van der Waals surface area contributed by atoms with E-state index in [-0.39, 0.29) is 24.1 Å². The van der Waals surface area contributed by atoms with Crippen molar-refractivity contribution < 1.29 is 0 Å². The van der Waals surface area contributed by atoms with Gasteiger partial charge < -0.3 is 5.32 Å². The zero-order valence-corrected chi connectivity index (χ0v) is 17.1. The highest BCUT2D eigenvalue weighted by Gasteiger charge is 2.31. The molecule has 8 heteroatoms. The van der Waals surface area contributed by atoms with E-state index >= 15 is 0 Å². The van der Waals surface area contributed by atoms with Gasteiger partial charge in [-0.05, 0) is 25.0 Å². The fourth-order valence-corrected chi connectivity index (χ4v) is 3.73. The summed E-state index contributed by atoms with van der Waals surface area (Å²) < 4.78 is 4.55. The summed E-state index contributed by atoms with van der Waals surface area (Å²) >= 11 is 3.49. The number of halogens is 2. The van der Waals surface area contributed by atoms with Crippen molar-refractivity contribution in [1.82, 2.24) is 19.1 Å². The Hall–Kier alpha value is -1.86. The van der Waals surface area contributed by atoms with E-state index in [9.17, 15) is 4.79 Å². The first kappa shape index (κ1) is 18.9. The van der Waals surface area contributed by atoms with Crippen molar-refractivity contribution in [3.05, 3.63) is 39.2 Å². The molecule has 3 heterocycles. The first-order valence-electron chi connectivity index (χ1n) is 8.66. The van der Waals surface area contributed by atoms with Crippen molar-refractivity contribution >= 4 is 34.2 Å². The summed E-state index contributed by atoms with van der Waals surface area (Å²) in [6.45, 7) is 5.51. The number of hydrogen-bond acceptors (Lipinski definition) is 4. The Morgan fingerprint density at radius 2 is 2.12 bits per heavy atom. The van der Waals surface area contributed by atoms with Gasteiger partial charge >= 0.3 is 5.69 Å². The quantitative estimate of drug-likeness (QED) is 0.668. The molecule has 0 saturated carbocycles. The van der Waals surface area contributed by atoms with Gasteiger partial charge in [0.15, 0.2) is 11.6 Å². The zero-order valence-electron chi connectivity index (χ0n) is 14.7. The maximum atomic E-state index is 12.9. The third-order valence-corrected chi connectivity index (χ3v) is 5.11. The lowest BCUT2D eigenvalue weighted by atomic mass is 10.2. The number of aromatic nitrogens is 4. The molecule has 0 spiro atoms. The lowest BCUT2D eigenvalue weighted by molar-refractivity contribution is 0.556. The molecule has 0 bridgehead atoms. The number of fused-ring (bicyclic) bond motifs is 3. The Bertz CT molecular complexity index is 967. The topological polar surface area (TPSA) is 64.7 Å². The SMILES string of the molecule is CCCn1c2nc(-c3cccc(Br)c3)nc-2c2n(c1=O)CC(CC)N2.Cl. The molecule has 1 N–H and O–H groups in total. The summed E-state index contributed by atoms with van der Waals surface area (Å²) in [4.78, 5) is 22.4. The second-order valence-electron chi connectivity index (χ2n) is 6.37. The van der Waals surface area contributed by atoms with Crippen molar-refractivity contribution in [2.45, 2.75) is 45.8 Å². The fourth-order valence-electron chi connectivity index (χ4n) is 3.33. The minimum Gasteiger partial charge on any atom is -0.365 e. The van der Waals surface area contributed by atoms with Crippen molar-refractivity contribution in [2.24, 2.45) is 0 Å². The number of benzene rings is 1. The summed E-state index contributed by atoms with van der Waals surface area (Å²) in [6, 6.07) is 8.17. The van der Waals surface area contributed by atoms with Crippen molar-refractivity contribution in [3.8, 4) is 22.9 Å². The summed E-state index contributed by atoms with van der Waals surface area (Å²) in [7, 11) is 0. The molecule has 4 rings (SSSR count). The molecule has 3 aliphatic heterocycles. The Morgan fingerprint density at radius 3 is 2.81 bits per heavy atom. The van der Waals surface area contributed by atoms with E-state index in [1.54, 1.807) is 4.57 Å². The van der Waals surface area contributed by atoms with Crippen LogP contribution in [0.4, 0.5) is 5.82 Å². The monoisotopic (exact) mass is 437 g/mol. The van der Waals surface area contributed by atoms with E-state index in [1.165, 1.54) is 0 Å². The normalized spacial score (nSPS) is 15.6. The number of imidazole rings is 1. The molecule has 0 aromatic heterocycles. The first-order chi connectivity index (χ1) is 12.1. The lowest BCUT2D eigenvalue weighted by Gasteiger charge is -2.13. The van der Waals surface area contributed by atoms with Crippen LogP contribution in [-0.2, 0) is 13.1 Å². The van der Waals surface area contributed by atoms with Crippen LogP contribution < -0.4 is 11.0 Å². The molecule has 0 aliphatic carbocycles. The van der Waals surface area contributed by atoms with Crippen LogP contribution in [-0.4, -0.2) is 25.1 Å². The van der Waals surface area contributed by atoms with Crippen LogP contribution in [0.25, 0.3) is 22.9 Å². The third-order valence-electron chi connectivity index (χ3n) is 4.62. The number of rotatable bonds is 4. The van der Waals surface area contributed by atoms with E-state index in [0.717, 1.165) is 34.4 Å². The molecule has 0 fully saturated rings. The molecular formula is C18H21BrClN5O. The molecule has 138 valence electrons. The molecule has 26 heavy (non-hydrogen) atoms. The van der Waals surface area contributed by atoms with Gasteiger partial charge in [0.1, 0.15) is 11.5 Å². The zero-order chi connectivity index (χ0) is 17.6. The van der Waals surface area contributed by atoms with Crippen molar-refractivity contribution in [2.75, 3.05) is 5.32 Å². The van der Waals surface area contributed by atoms with E-state index < -0.39 is 0 Å². The molecule has 0 saturated heterocycles. The van der Waals surface area contributed by atoms with Gasteiger partial charge in [-0.3, -0.25) is 9.13 Å².